The predicted molar refractivity (Wildman–Crippen MR) is 163 cm³/mol. The Morgan fingerprint density at radius 1 is 0.927 bits per heavy atom. The lowest BCUT2D eigenvalue weighted by Crippen LogP contribution is -2.60. The number of carbonyl (C=O) groups excluding carboxylic acids is 3. The average Bonchev–Trinajstić information content (AvgIpc) is 2.91. The topological polar surface area (TPSA) is 87.7 Å². The van der Waals surface area contributed by atoms with E-state index in [2.05, 4.69) is 10.6 Å². The number of benzene rings is 2. The van der Waals surface area contributed by atoms with Crippen LogP contribution in [0.5, 0.6) is 0 Å². The van der Waals surface area contributed by atoms with E-state index in [4.69, 9.17) is 4.74 Å². The molecule has 1 aliphatic carbocycles. The Balaban J connectivity index is 2.09. The predicted octanol–water partition coefficient (Wildman–Crippen LogP) is 6.64. The normalized spacial score (nSPS) is 15.9. The fourth-order valence-electron chi connectivity index (χ4n) is 5.43. The van der Waals surface area contributed by atoms with Crippen LogP contribution in [0.2, 0.25) is 0 Å². The van der Waals surface area contributed by atoms with Crippen LogP contribution in [0.4, 0.5) is 4.79 Å². The van der Waals surface area contributed by atoms with Gasteiger partial charge in [-0.15, -0.1) is 0 Å². The number of rotatable bonds is 10. The van der Waals surface area contributed by atoms with Crippen LogP contribution < -0.4 is 10.6 Å². The van der Waals surface area contributed by atoms with Crippen molar-refractivity contribution in [2.45, 2.75) is 123 Å². The van der Waals surface area contributed by atoms with Crippen molar-refractivity contribution in [1.82, 2.24) is 15.5 Å². The van der Waals surface area contributed by atoms with Gasteiger partial charge >= 0.3 is 6.09 Å². The number of ether oxygens (including phenoxy) is 1. The third kappa shape index (κ3) is 9.07. The molecule has 2 atom stereocenters. The summed E-state index contributed by atoms with van der Waals surface area (Å²) in [4.78, 5) is 43.7. The van der Waals surface area contributed by atoms with Gasteiger partial charge in [0.05, 0.1) is 0 Å². The number of carbonyl (C=O) groups is 3. The quantitative estimate of drug-likeness (QED) is 0.339. The molecule has 7 heteroatoms. The zero-order chi connectivity index (χ0) is 30.2. The third-order valence-electron chi connectivity index (χ3n) is 7.97. The molecule has 2 unspecified atom stereocenters. The zero-order valence-electron chi connectivity index (χ0n) is 26.0. The molecule has 0 radical (unpaired) electrons. The Morgan fingerprint density at radius 3 is 2.12 bits per heavy atom. The molecule has 3 amide bonds. The van der Waals surface area contributed by atoms with Gasteiger partial charge in [-0.05, 0) is 77.5 Å². The Labute approximate surface area is 246 Å². The van der Waals surface area contributed by atoms with E-state index in [0.29, 0.717) is 6.42 Å². The molecule has 3 rings (SSSR count). The summed E-state index contributed by atoms with van der Waals surface area (Å²) < 4.78 is 5.56. The fourth-order valence-corrected chi connectivity index (χ4v) is 5.43. The van der Waals surface area contributed by atoms with Crippen LogP contribution in [0, 0.1) is 6.92 Å². The summed E-state index contributed by atoms with van der Waals surface area (Å²) in [7, 11) is 0. The molecule has 2 aromatic carbocycles. The van der Waals surface area contributed by atoms with Crippen molar-refractivity contribution < 1.29 is 19.1 Å². The molecule has 0 spiro atoms. The lowest BCUT2D eigenvalue weighted by Gasteiger charge is -2.45. The molecule has 0 aromatic heterocycles. The van der Waals surface area contributed by atoms with Gasteiger partial charge < -0.3 is 20.3 Å². The van der Waals surface area contributed by atoms with Crippen LogP contribution in [0.1, 0.15) is 103 Å². The zero-order valence-corrected chi connectivity index (χ0v) is 26.0. The maximum atomic E-state index is 14.8. The highest BCUT2D eigenvalue weighted by Crippen LogP contribution is 2.34. The molecule has 2 aromatic rings. The number of amides is 3. The van der Waals surface area contributed by atoms with E-state index in [-0.39, 0.29) is 24.3 Å². The smallest absolute Gasteiger partial charge is 0.408 e. The summed E-state index contributed by atoms with van der Waals surface area (Å²) in [6.45, 7) is 13.3. The lowest BCUT2D eigenvalue weighted by atomic mass is 9.89. The van der Waals surface area contributed by atoms with Crippen molar-refractivity contribution in [3.05, 3.63) is 71.3 Å². The molecule has 2 N–H and O–H groups in total. The summed E-state index contributed by atoms with van der Waals surface area (Å²) in [5.41, 5.74) is 1.19. The second kappa shape index (κ2) is 14.0. The minimum atomic E-state index is -0.938. The molecule has 224 valence electrons. The van der Waals surface area contributed by atoms with E-state index in [1.165, 1.54) is 6.42 Å². The second-order valence-corrected chi connectivity index (χ2v) is 12.9. The first-order valence-corrected chi connectivity index (χ1v) is 15.0. The SMILES string of the molecule is CCC(C)(C)N(C(=O)C(Cc1ccccc1)NC(=O)OC(C)(C)C)C(C(=O)NC1CCCCC1)c1ccccc1C. The Hall–Kier alpha value is -3.35. The first-order chi connectivity index (χ1) is 19.3. The molecule has 41 heavy (non-hydrogen) atoms. The number of nitrogens with one attached hydrogen (secondary N) is 2. The number of alkyl carbamates (subject to hydrolysis) is 1. The van der Waals surface area contributed by atoms with Crippen LogP contribution in [0.25, 0.3) is 0 Å². The summed E-state index contributed by atoms with van der Waals surface area (Å²) in [5, 5.41) is 6.15. The highest BCUT2D eigenvalue weighted by molar-refractivity contribution is 5.93. The molecule has 1 saturated carbocycles. The molecule has 1 fully saturated rings. The van der Waals surface area contributed by atoms with Crippen LogP contribution >= 0.6 is 0 Å². The van der Waals surface area contributed by atoms with Crippen LogP contribution in [-0.4, -0.2) is 46.0 Å². The Kier molecular flexibility index (Phi) is 11.0. The maximum absolute atomic E-state index is 14.8. The highest BCUT2D eigenvalue weighted by atomic mass is 16.6. The highest BCUT2D eigenvalue weighted by Gasteiger charge is 2.44. The number of hydrogen-bond donors (Lipinski definition) is 2. The fraction of sp³-hybridized carbons (Fsp3) is 0.559. The number of hydrogen-bond acceptors (Lipinski definition) is 4. The van der Waals surface area contributed by atoms with E-state index in [9.17, 15) is 14.4 Å². The van der Waals surface area contributed by atoms with E-state index in [1.54, 1.807) is 25.7 Å². The minimum absolute atomic E-state index is 0.0875. The molecule has 0 heterocycles. The monoisotopic (exact) mass is 563 g/mol. The maximum Gasteiger partial charge on any atom is 0.408 e. The molecule has 0 aliphatic heterocycles. The standard InChI is InChI=1S/C34H49N3O4/c1-8-34(6,7)37(29(27-22-16-15-17-24(27)2)30(38)35-26-20-13-10-14-21-26)31(39)28(23-25-18-11-9-12-19-25)36-32(40)41-33(3,4)5/h9,11-12,15-19,22,26,28-29H,8,10,13-14,20-21,23H2,1-7H3,(H,35,38)(H,36,40). The molecular weight excluding hydrogens is 514 g/mol. The van der Waals surface area contributed by atoms with Gasteiger partial charge in [0, 0.05) is 18.0 Å². The molecular formula is C34H49N3O4. The van der Waals surface area contributed by atoms with Gasteiger partial charge in [-0.25, -0.2) is 4.79 Å². The van der Waals surface area contributed by atoms with Gasteiger partial charge in [-0.2, -0.15) is 0 Å². The molecule has 1 aliphatic rings. The number of nitrogens with zero attached hydrogens (tertiary/aromatic N) is 1. The summed E-state index contributed by atoms with van der Waals surface area (Å²) >= 11 is 0. The Bertz CT molecular complexity index is 1170. The van der Waals surface area contributed by atoms with E-state index in [1.807, 2.05) is 82.3 Å². The first kappa shape index (κ1) is 32.2. The van der Waals surface area contributed by atoms with Gasteiger partial charge in [0.2, 0.25) is 11.8 Å². The second-order valence-electron chi connectivity index (χ2n) is 12.9. The largest absolute Gasteiger partial charge is 0.444 e. The Morgan fingerprint density at radius 2 is 1.54 bits per heavy atom. The third-order valence-corrected chi connectivity index (χ3v) is 7.97. The van der Waals surface area contributed by atoms with Gasteiger partial charge in [0.1, 0.15) is 17.7 Å². The van der Waals surface area contributed by atoms with E-state index in [0.717, 1.165) is 42.4 Å². The van der Waals surface area contributed by atoms with E-state index < -0.39 is 29.3 Å². The molecule has 0 bridgehead atoms. The van der Waals surface area contributed by atoms with Gasteiger partial charge in [0.25, 0.3) is 0 Å². The summed E-state index contributed by atoms with van der Waals surface area (Å²) in [5.74, 6) is -0.504. The first-order valence-electron chi connectivity index (χ1n) is 15.0. The van der Waals surface area contributed by atoms with Gasteiger partial charge in [-0.1, -0.05) is 80.8 Å². The van der Waals surface area contributed by atoms with Gasteiger partial charge in [0.15, 0.2) is 0 Å². The lowest BCUT2D eigenvalue weighted by molar-refractivity contribution is -0.149. The van der Waals surface area contributed by atoms with Crippen molar-refractivity contribution in [2.24, 2.45) is 0 Å². The minimum Gasteiger partial charge on any atom is -0.444 e. The summed E-state index contributed by atoms with van der Waals surface area (Å²) in [6.07, 6.45) is 5.44. The van der Waals surface area contributed by atoms with Crippen LogP contribution in [-0.2, 0) is 20.7 Å². The van der Waals surface area contributed by atoms with Crippen molar-refractivity contribution in [2.75, 3.05) is 0 Å². The van der Waals surface area contributed by atoms with Crippen LogP contribution in [0.3, 0.4) is 0 Å². The van der Waals surface area contributed by atoms with E-state index >= 15 is 0 Å². The molecule has 0 saturated heterocycles. The van der Waals surface area contributed by atoms with Gasteiger partial charge in [-0.3, -0.25) is 9.59 Å². The van der Waals surface area contributed by atoms with Crippen molar-refractivity contribution in [1.29, 1.82) is 0 Å². The number of aryl methyl sites for hydroxylation is 1. The van der Waals surface area contributed by atoms with Crippen molar-refractivity contribution in [3.63, 3.8) is 0 Å². The van der Waals surface area contributed by atoms with Crippen molar-refractivity contribution in [3.8, 4) is 0 Å². The van der Waals surface area contributed by atoms with Crippen molar-refractivity contribution >= 4 is 17.9 Å². The average molecular weight is 564 g/mol. The van der Waals surface area contributed by atoms with Crippen LogP contribution in [0.15, 0.2) is 54.6 Å². The molecule has 7 nitrogen and oxygen atoms in total. The summed E-state index contributed by atoms with van der Waals surface area (Å²) in [6, 6.07) is 15.6.